The highest BCUT2D eigenvalue weighted by atomic mass is 32.2. The average Bonchev–Trinajstić information content (AvgIpc) is 2.51. The van der Waals surface area contributed by atoms with E-state index in [1.165, 1.54) is 11.8 Å². The lowest BCUT2D eigenvalue weighted by molar-refractivity contribution is -0.141. The van der Waals surface area contributed by atoms with Gasteiger partial charge < -0.3 is 4.74 Å². The molecule has 22 heavy (non-hydrogen) atoms. The average molecular weight is 316 g/mol. The van der Waals surface area contributed by atoms with Crippen LogP contribution in [0.4, 0.5) is 0 Å². The largest absolute Gasteiger partial charge is 0.465 e. The molecule has 4 nitrogen and oxygen atoms in total. The fourth-order valence-electron chi connectivity index (χ4n) is 1.81. The van der Waals surface area contributed by atoms with Crippen molar-refractivity contribution in [1.29, 1.82) is 0 Å². The summed E-state index contributed by atoms with van der Waals surface area (Å²) < 4.78 is 5.17. The van der Waals surface area contributed by atoms with Crippen molar-refractivity contribution in [1.82, 2.24) is 9.97 Å². The van der Waals surface area contributed by atoms with Crippen molar-refractivity contribution in [2.24, 2.45) is 5.92 Å². The summed E-state index contributed by atoms with van der Waals surface area (Å²) in [6, 6.07) is 11.8. The molecule has 0 fully saturated rings. The fourth-order valence-corrected chi connectivity index (χ4v) is 2.55. The third kappa shape index (κ3) is 5.15. The molecule has 0 unspecified atom stereocenters. The molecule has 0 aliphatic carbocycles. The van der Waals surface area contributed by atoms with Crippen molar-refractivity contribution >= 4 is 17.7 Å². The van der Waals surface area contributed by atoms with Crippen LogP contribution in [0.25, 0.3) is 11.3 Å². The lowest BCUT2D eigenvalue weighted by atomic mass is 10.1. The highest BCUT2D eigenvalue weighted by Gasteiger charge is 2.09. The number of aromatic nitrogens is 2. The summed E-state index contributed by atoms with van der Waals surface area (Å²) in [5.74, 6) is 1.09. The molecule has 116 valence electrons. The standard InChI is InChI=1S/C17H20N2O2S/c1-12(2)10-21-17(20)11-22-16-9-15(18-13(3)19-16)14-7-5-4-6-8-14/h4-9,12H,10-11H2,1-3H3. The van der Waals surface area contributed by atoms with Gasteiger partial charge in [0.05, 0.1) is 18.1 Å². The molecule has 0 aliphatic rings. The van der Waals surface area contributed by atoms with Gasteiger partial charge in [0.2, 0.25) is 0 Å². The molecule has 2 rings (SSSR count). The first-order chi connectivity index (χ1) is 10.5. The first-order valence-electron chi connectivity index (χ1n) is 7.24. The van der Waals surface area contributed by atoms with Crippen molar-refractivity contribution < 1.29 is 9.53 Å². The van der Waals surface area contributed by atoms with Crippen LogP contribution in [-0.2, 0) is 9.53 Å². The molecule has 1 aromatic carbocycles. The summed E-state index contributed by atoms with van der Waals surface area (Å²) in [5.41, 5.74) is 1.91. The summed E-state index contributed by atoms with van der Waals surface area (Å²) in [5, 5.41) is 0.785. The Morgan fingerprint density at radius 3 is 2.64 bits per heavy atom. The maximum absolute atomic E-state index is 11.7. The second-order valence-electron chi connectivity index (χ2n) is 5.37. The van der Waals surface area contributed by atoms with Crippen molar-refractivity contribution in [3.05, 3.63) is 42.2 Å². The molecule has 0 amide bonds. The molecule has 0 spiro atoms. The Kier molecular flexibility index (Phi) is 5.95. The third-order valence-electron chi connectivity index (χ3n) is 2.80. The quantitative estimate of drug-likeness (QED) is 0.461. The SMILES string of the molecule is Cc1nc(SCC(=O)OCC(C)C)cc(-c2ccccc2)n1. The molecule has 0 aliphatic heterocycles. The minimum Gasteiger partial charge on any atom is -0.465 e. The molecule has 0 radical (unpaired) electrons. The number of nitrogens with zero attached hydrogens (tertiary/aromatic N) is 2. The fraction of sp³-hybridized carbons (Fsp3) is 0.353. The van der Waals surface area contributed by atoms with E-state index in [2.05, 4.69) is 9.97 Å². The van der Waals surface area contributed by atoms with E-state index in [9.17, 15) is 4.79 Å². The first-order valence-corrected chi connectivity index (χ1v) is 8.22. The van der Waals surface area contributed by atoms with Crippen molar-refractivity contribution in [3.8, 4) is 11.3 Å². The molecule has 0 N–H and O–H groups in total. The second-order valence-corrected chi connectivity index (χ2v) is 6.37. The predicted molar refractivity (Wildman–Crippen MR) is 88.7 cm³/mol. The number of esters is 1. The first kappa shape index (κ1) is 16.5. The summed E-state index contributed by atoms with van der Waals surface area (Å²) in [6.07, 6.45) is 0. The normalized spacial score (nSPS) is 10.7. The van der Waals surface area contributed by atoms with Crippen LogP contribution >= 0.6 is 11.8 Å². The van der Waals surface area contributed by atoms with Crippen molar-refractivity contribution in [3.63, 3.8) is 0 Å². The predicted octanol–water partition coefficient (Wildman–Crippen LogP) is 3.74. The van der Waals surface area contributed by atoms with Crippen LogP contribution in [0.2, 0.25) is 0 Å². The van der Waals surface area contributed by atoms with Crippen LogP contribution in [0.1, 0.15) is 19.7 Å². The van der Waals surface area contributed by atoms with E-state index in [4.69, 9.17) is 4.74 Å². The minimum absolute atomic E-state index is 0.212. The molecule has 0 atom stereocenters. The smallest absolute Gasteiger partial charge is 0.316 e. The Labute approximate surface area is 135 Å². The second kappa shape index (κ2) is 7.94. The molecule has 1 heterocycles. The molecule has 0 saturated heterocycles. The van der Waals surface area contributed by atoms with Crippen LogP contribution in [0.15, 0.2) is 41.4 Å². The maximum Gasteiger partial charge on any atom is 0.316 e. The van der Waals surface area contributed by atoms with Gasteiger partial charge in [-0.05, 0) is 18.9 Å². The highest BCUT2D eigenvalue weighted by molar-refractivity contribution is 7.99. The Balaban J connectivity index is 2.03. The van der Waals surface area contributed by atoms with Gasteiger partial charge in [-0.2, -0.15) is 0 Å². The topological polar surface area (TPSA) is 52.1 Å². The van der Waals surface area contributed by atoms with E-state index < -0.39 is 0 Å². The van der Waals surface area contributed by atoms with Gasteiger partial charge in [-0.15, -0.1) is 0 Å². The highest BCUT2D eigenvalue weighted by Crippen LogP contribution is 2.23. The number of aryl methyl sites for hydroxylation is 1. The number of hydrogen-bond donors (Lipinski definition) is 0. The molecule has 0 saturated carbocycles. The van der Waals surface area contributed by atoms with Gasteiger partial charge in [-0.1, -0.05) is 55.9 Å². The summed E-state index contributed by atoms with van der Waals surface area (Å²) in [6.45, 7) is 6.34. The molecule has 5 heteroatoms. The summed E-state index contributed by atoms with van der Waals surface area (Å²) in [4.78, 5) is 20.5. The summed E-state index contributed by atoms with van der Waals surface area (Å²) in [7, 11) is 0. The Hall–Kier alpha value is -1.88. The van der Waals surface area contributed by atoms with E-state index in [1.807, 2.05) is 57.2 Å². The number of benzene rings is 1. The molecular weight excluding hydrogens is 296 g/mol. The third-order valence-corrected chi connectivity index (χ3v) is 3.68. The minimum atomic E-state index is -0.212. The van der Waals surface area contributed by atoms with E-state index >= 15 is 0 Å². The number of hydrogen-bond acceptors (Lipinski definition) is 5. The monoisotopic (exact) mass is 316 g/mol. The Bertz CT molecular complexity index is 630. The van der Waals surface area contributed by atoms with Gasteiger partial charge in [0.15, 0.2) is 0 Å². The van der Waals surface area contributed by atoms with E-state index in [0.29, 0.717) is 18.3 Å². The zero-order valence-corrected chi connectivity index (χ0v) is 13.9. The Morgan fingerprint density at radius 2 is 1.95 bits per heavy atom. The number of carbonyl (C=O) groups is 1. The van der Waals surface area contributed by atoms with E-state index in [0.717, 1.165) is 16.3 Å². The van der Waals surface area contributed by atoms with Crippen LogP contribution in [0.3, 0.4) is 0 Å². The van der Waals surface area contributed by atoms with Crippen molar-refractivity contribution in [2.75, 3.05) is 12.4 Å². The molecular formula is C17H20N2O2S. The van der Waals surface area contributed by atoms with Crippen molar-refractivity contribution in [2.45, 2.75) is 25.8 Å². The molecule has 0 bridgehead atoms. The van der Waals surface area contributed by atoms with E-state index in [-0.39, 0.29) is 11.7 Å². The van der Waals surface area contributed by atoms with Crippen LogP contribution in [-0.4, -0.2) is 28.3 Å². The number of carbonyl (C=O) groups excluding carboxylic acids is 1. The number of thioether (sulfide) groups is 1. The number of rotatable bonds is 6. The van der Waals surface area contributed by atoms with Crippen LogP contribution in [0, 0.1) is 12.8 Å². The maximum atomic E-state index is 11.7. The van der Waals surface area contributed by atoms with Gasteiger partial charge in [-0.3, -0.25) is 4.79 Å². The number of ether oxygens (including phenoxy) is 1. The lowest BCUT2D eigenvalue weighted by Gasteiger charge is -2.08. The van der Waals surface area contributed by atoms with E-state index in [1.54, 1.807) is 0 Å². The lowest BCUT2D eigenvalue weighted by Crippen LogP contribution is -2.12. The van der Waals surface area contributed by atoms with Gasteiger partial charge >= 0.3 is 5.97 Å². The van der Waals surface area contributed by atoms with Gasteiger partial charge in [0.1, 0.15) is 10.9 Å². The van der Waals surface area contributed by atoms with Gasteiger partial charge in [0, 0.05) is 5.56 Å². The van der Waals surface area contributed by atoms with Gasteiger partial charge in [-0.25, -0.2) is 9.97 Å². The van der Waals surface area contributed by atoms with Gasteiger partial charge in [0.25, 0.3) is 0 Å². The zero-order valence-electron chi connectivity index (χ0n) is 13.1. The van der Waals surface area contributed by atoms with Crippen LogP contribution in [0.5, 0.6) is 0 Å². The van der Waals surface area contributed by atoms with Crippen LogP contribution < -0.4 is 0 Å². The summed E-state index contributed by atoms with van der Waals surface area (Å²) >= 11 is 1.38. The molecule has 2 aromatic rings. The molecule has 1 aromatic heterocycles. The zero-order chi connectivity index (χ0) is 15.9. The Morgan fingerprint density at radius 1 is 1.23 bits per heavy atom.